The van der Waals surface area contributed by atoms with Crippen molar-refractivity contribution in [3.05, 3.63) is 52.2 Å². The Morgan fingerprint density at radius 2 is 1.92 bits per heavy atom. The van der Waals surface area contributed by atoms with Crippen LogP contribution in [0.5, 0.6) is 0 Å². The van der Waals surface area contributed by atoms with Gasteiger partial charge in [0.2, 0.25) is 0 Å². The Morgan fingerprint density at radius 1 is 1.20 bits per heavy atom. The standard InChI is InChI=1S/C18H16BrN3O3/c19-14-1-3-15(4-2-14)21-18(23)13(12-20)11-16-5-6-17(25-16)22-7-9-24-10-8-22/h1-6,11H,7-10H2,(H,21,23). The number of carbonyl (C=O) groups is 1. The van der Waals surface area contributed by atoms with Crippen molar-refractivity contribution >= 4 is 39.5 Å². The Balaban J connectivity index is 1.71. The van der Waals surface area contributed by atoms with Crippen molar-refractivity contribution in [2.24, 2.45) is 0 Å². The van der Waals surface area contributed by atoms with Gasteiger partial charge in [-0.15, -0.1) is 0 Å². The maximum atomic E-state index is 12.3. The first-order valence-corrected chi connectivity index (χ1v) is 8.56. The van der Waals surface area contributed by atoms with Crippen LogP contribution in [0, 0.1) is 11.3 Å². The monoisotopic (exact) mass is 401 g/mol. The van der Waals surface area contributed by atoms with E-state index >= 15 is 0 Å². The zero-order valence-corrected chi connectivity index (χ0v) is 15.0. The summed E-state index contributed by atoms with van der Waals surface area (Å²) in [7, 11) is 0. The highest BCUT2D eigenvalue weighted by Crippen LogP contribution is 2.22. The minimum Gasteiger partial charge on any atom is -0.441 e. The minimum atomic E-state index is -0.478. The number of rotatable bonds is 4. The molecule has 25 heavy (non-hydrogen) atoms. The van der Waals surface area contributed by atoms with Crippen LogP contribution in [-0.4, -0.2) is 32.2 Å². The molecular weight excluding hydrogens is 386 g/mol. The molecule has 1 saturated heterocycles. The molecule has 6 nitrogen and oxygen atoms in total. The summed E-state index contributed by atoms with van der Waals surface area (Å²) in [5.41, 5.74) is 0.591. The molecule has 0 unspecified atom stereocenters. The van der Waals surface area contributed by atoms with Crippen LogP contribution in [-0.2, 0) is 9.53 Å². The Kier molecular flexibility index (Phi) is 5.53. The number of amides is 1. The summed E-state index contributed by atoms with van der Waals surface area (Å²) in [6.45, 7) is 2.83. The van der Waals surface area contributed by atoms with E-state index in [9.17, 15) is 10.1 Å². The second kappa shape index (κ2) is 8.01. The molecule has 128 valence electrons. The van der Waals surface area contributed by atoms with Crippen molar-refractivity contribution < 1.29 is 13.9 Å². The fourth-order valence-electron chi connectivity index (χ4n) is 2.40. The molecule has 0 atom stereocenters. The van der Waals surface area contributed by atoms with Gasteiger partial charge in [0, 0.05) is 35.4 Å². The number of furan rings is 1. The smallest absolute Gasteiger partial charge is 0.266 e. The number of nitrogens with one attached hydrogen (secondary N) is 1. The van der Waals surface area contributed by atoms with Gasteiger partial charge in [0.15, 0.2) is 5.88 Å². The summed E-state index contributed by atoms with van der Waals surface area (Å²) in [5, 5.41) is 12.0. The third-order valence-electron chi connectivity index (χ3n) is 3.69. The predicted octanol–water partition coefficient (Wildman–Crippen LogP) is 3.42. The van der Waals surface area contributed by atoms with Gasteiger partial charge in [0.25, 0.3) is 5.91 Å². The van der Waals surface area contributed by atoms with Gasteiger partial charge in [-0.2, -0.15) is 5.26 Å². The average Bonchev–Trinajstić information content (AvgIpc) is 3.11. The Labute approximate surface area is 153 Å². The van der Waals surface area contributed by atoms with E-state index in [4.69, 9.17) is 9.15 Å². The van der Waals surface area contributed by atoms with Crippen LogP contribution < -0.4 is 10.2 Å². The van der Waals surface area contributed by atoms with Gasteiger partial charge in [0.1, 0.15) is 17.4 Å². The molecule has 0 saturated carbocycles. The molecular formula is C18H16BrN3O3. The Morgan fingerprint density at radius 3 is 2.60 bits per heavy atom. The first-order chi connectivity index (χ1) is 12.2. The Bertz CT molecular complexity index is 815. The van der Waals surface area contributed by atoms with Crippen LogP contribution in [0.1, 0.15) is 5.76 Å². The summed E-state index contributed by atoms with van der Waals surface area (Å²) < 4.78 is 11.9. The number of anilines is 2. The van der Waals surface area contributed by atoms with Gasteiger partial charge < -0.3 is 19.4 Å². The summed E-state index contributed by atoms with van der Waals surface area (Å²) in [6, 6.07) is 12.6. The molecule has 0 bridgehead atoms. The second-order valence-corrected chi connectivity index (χ2v) is 6.32. The SMILES string of the molecule is N#CC(=Cc1ccc(N2CCOCC2)o1)C(=O)Nc1ccc(Br)cc1. The molecule has 0 aliphatic carbocycles. The summed E-state index contributed by atoms with van der Waals surface area (Å²) in [4.78, 5) is 14.3. The molecule has 1 amide bonds. The molecule has 2 heterocycles. The number of carbonyl (C=O) groups excluding carboxylic acids is 1. The summed E-state index contributed by atoms with van der Waals surface area (Å²) in [6.07, 6.45) is 1.44. The van der Waals surface area contributed by atoms with E-state index in [0.717, 1.165) is 17.6 Å². The number of nitrogens with zero attached hydrogens (tertiary/aromatic N) is 2. The third kappa shape index (κ3) is 4.50. The number of halogens is 1. The zero-order valence-electron chi connectivity index (χ0n) is 13.4. The fourth-order valence-corrected chi connectivity index (χ4v) is 2.66. The van der Waals surface area contributed by atoms with Crippen LogP contribution >= 0.6 is 15.9 Å². The number of hydrogen-bond donors (Lipinski definition) is 1. The van der Waals surface area contributed by atoms with E-state index in [2.05, 4.69) is 26.1 Å². The van der Waals surface area contributed by atoms with Gasteiger partial charge in [-0.1, -0.05) is 15.9 Å². The zero-order chi connectivity index (χ0) is 17.6. The molecule has 1 N–H and O–H groups in total. The lowest BCUT2D eigenvalue weighted by Gasteiger charge is -2.26. The van der Waals surface area contributed by atoms with E-state index in [0.29, 0.717) is 30.5 Å². The van der Waals surface area contributed by atoms with Crippen LogP contribution in [0.3, 0.4) is 0 Å². The van der Waals surface area contributed by atoms with Crippen LogP contribution in [0.4, 0.5) is 11.6 Å². The maximum absolute atomic E-state index is 12.3. The lowest BCUT2D eigenvalue weighted by Crippen LogP contribution is -2.35. The van der Waals surface area contributed by atoms with Crippen molar-refractivity contribution in [2.45, 2.75) is 0 Å². The van der Waals surface area contributed by atoms with Crippen LogP contribution in [0.25, 0.3) is 6.08 Å². The number of hydrogen-bond acceptors (Lipinski definition) is 5. The van der Waals surface area contributed by atoms with Crippen LogP contribution in [0.2, 0.25) is 0 Å². The number of morpholine rings is 1. The molecule has 1 aliphatic rings. The molecule has 1 fully saturated rings. The summed E-state index contributed by atoms with van der Waals surface area (Å²) in [5.74, 6) is 0.693. The third-order valence-corrected chi connectivity index (χ3v) is 4.22. The Hall–Kier alpha value is -2.56. The quantitative estimate of drug-likeness (QED) is 0.626. The van der Waals surface area contributed by atoms with Crippen molar-refractivity contribution in [1.82, 2.24) is 0 Å². The number of ether oxygens (including phenoxy) is 1. The highest BCUT2D eigenvalue weighted by molar-refractivity contribution is 9.10. The van der Waals surface area contributed by atoms with Crippen LogP contribution in [0.15, 0.2) is 50.9 Å². The lowest BCUT2D eigenvalue weighted by molar-refractivity contribution is -0.112. The van der Waals surface area contributed by atoms with E-state index in [-0.39, 0.29) is 5.57 Å². The molecule has 1 aromatic heterocycles. The number of nitriles is 1. The van der Waals surface area contributed by atoms with Crippen molar-refractivity contribution in [3.63, 3.8) is 0 Å². The van der Waals surface area contributed by atoms with Crippen molar-refractivity contribution in [3.8, 4) is 6.07 Å². The van der Waals surface area contributed by atoms with Gasteiger partial charge in [-0.25, -0.2) is 0 Å². The number of benzene rings is 1. The highest BCUT2D eigenvalue weighted by atomic mass is 79.9. The molecule has 2 aromatic rings. The topological polar surface area (TPSA) is 78.5 Å². The second-order valence-electron chi connectivity index (χ2n) is 5.41. The molecule has 1 aromatic carbocycles. The first-order valence-electron chi connectivity index (χ1n) is 7.77. The van der Waals surface area contributed by atoms with E-state index in [1.165, 1.54) is 6.08 Å². The summed E-state index contributed by atoms with van der Waals surface area (Å²) >= 11 is 3.33. The lowest BCUT2D eigenvalue weighted by atomic mass is 10.2. The van der Waals surface area contributed by atoms with E-state index in [1.807, 2.05) is 24.3 Å². The molecule has 0 spiro atoms. The fraction of sp³-hybridized carbons (Fsp3) is 0.222. The van der Waals surface area contributed by atoms with Gasteiger partial charge in [0.05, 0.1) is 13.2 Å². The molecule has 0 radical (unpaired) electrons. The predicted molar refractivity (Wildman–Crippen MR) is 98.1 cm³/mol. The molecule has 7 heteroatoms. The molecule has 3 rings (SSSR count). The van der Waals surface area contributed by atoms with Gasteiger partial charge in [-0.05, 0) is 30.3 Å². The largest absolute Gasteiger partial charge is 0.441 e. The highest BCUT2D eigenvalue weighted by Gasteiger charge is 2.15. The van der Waals surface area contributed by atoms with Gasteiger partial charge in [-0.3, -0.25) is 4.79 Å². The van der Waals surface area contributed by atoms with E-state index < -0.39 is 5.91 Å². The maximum Gasteiger partial charge on any atom is 0.266 e. The average molecular weight is 402 g/mol. The molecule has 1 aliphatic heterocycles. The van der Waals surface area contributed by atoms with Crippen molar-refractivity contribution in [2.75, 3.05) is 36.5 Å². The first kappa shape index (κ1) is 17.3. The normalized spacial score (nSPS) is 14.9. The van der Waals surface area contributed by atoms with Crippen molar-refractivity contribution in [1.29, 1.82) is 5.26 Å². The van der Waals surface area contributed by atoms with Gasteiger partial charge >= 0.3 is 0 Å². The minimum absolute atomic E-state index is 0.0224. The van der Waals surface area contributed by atoms with E-state index in [1.54, 1.807) is 18.2 Å².